The highest BCUT2D eigenvalue weighted by molar-refractivity contribution is 6.04. The highest BCUT2D eigenvalue weighted by Gasteiger charge is 2.60. The molecule has 1 fully saturated rings. The van der Waals surface area contributed by atoms with Crippen LogP contribution in [0.15, 0.2) is 91.0 Å². The molecule has 1 aliphatic rings. The van der Waals surface area contributed by atoms with Crippen LogP contribution in [0.5, 0.6) is 11.5 Å². The largest absolute Gasteiger partial charge is 0.497 e. The van der Waals surface area contributed by atoms with Crippen LogP contribution in [0.2, 0.25) is 0 Å². The van der Waals surface area contributed by atoms with Crippen LogP contribution in [-0.2, 0) is 10.2 Å². The molecule has 1 N–H and O–H groups in total. The first kappa shape index (κ1) is 20.1. The minimum atomic E-state index is -0.419. The standard InChI is InChI=1S/C28H25NO3/c1-31-22-12-6-10-20(16-22)28(21-11-7-13-23(17-21)32-2)18-25(28)27(30)29-26-15-5-9-19-8-3-4-14-24(19)26/h3-17,25H,18H2,1-2H3,(H,29,30)/t25-/m1/s1. The predicted octanol–water partition coefficient (Wildman–Crippen LogP) is 5.80. The van der Waals surface area contributed by atoms with E-state index in [4.69, 9.17) is 9.47 Å². The van der Waals surface area contributed by atoms with Gasteiger partial charge in [-0.1, -0.05) is 60.7 Å². The first-order valence-electron chi connectivity index (χ1n) is 10.7. The molecule has 32 heavy (non-hydrogen) atoms. The van der Waals surface area contributed by atoms with Gasteiger partial charge in [-0.3, -0.25) is 4.79 Å². The fourth-order valence-electron chi connectivity index (χ4n) is 4.74. The van der Waals surface area contributed by atoms with Gasteiger partial charge in [-0.25, -0.2) is 0 Å². The maximum Gasteiger partial charge on any atom is 0.228 e. The van der Waals surface area contributed by atoms with Gasteiger partial charge in [0.15, 0.2) is 0 Å². The Morgan fingerprint density at radius 1 is 0.812 bits per heavy atom. The fraction of sp³-hybridized carbons (Fsp3) is 0.179. The SMILES string of the molecule is COc1cccc(C2(c3cccc(OC)c3)C[C@@H]2C(=O)Nc2cccc3ccccc23)c1. The topological polar surface area (TPSA) is 47.6 Å². The minimum absolute atomic E-state index is 0.0204. The number of anilines is 1. The van der Waals surface area contributed by atoms with Gasteiger partial charge < -0.3 is 14.8 Å². The average molecular weight is 424 g/mol. The molecule has 4 heteroatoms. The number of carbonyl (C=O) groups excluding carboxylic acids is 1. The Hall–Kier alpha value is -3.79. The van der Waals surface area contributed by atoms with E-state index in [-0.39, 0.29) is 11.8 Å². The molecule has 0 unspecified atom stereocenters. The Labute approximate surface area is 187 Å². The normalized spacial score (nSPS) is 16.4. The number of nitrogens with one attached hydrogen (secondary N) is 1. The van der Waals surface area contributed by atoms with Crippen LogP contribution in [0, 0.1) is 5.92 Å². The van der Waals surface area contributed by atoms with E-state index in [9.17, 15) is 4.79 Å². The zero-order chi connectivity index (χ0) is 22.1. The van der Waals surface area contributed by atoms with Gasteiger partial charge in [-0.05, 0) is 53.3 Å². The third kappa shape index (κ3) is 3.38. The van der Waals surface area contributed by atoms with Gasteiger partial charge in [-0.15, -0.1) is 0 Å². The van der Waals surface area contributed by atoms with Gasteiger partial charge in [0, 0.05) is 16.5 Å². The summed E-state index contributed by atoms with van der Waals surface area (Å²) in [4.78, 5) is 13.5. The van der Waals surface area contributed by atoms with Crippen LogP contribution in [0.4, 0.5) is 5.69 Å². The van der Waals surface area contributed by atoms with Gasteiger partial charge in [0.2, 0.25) is 5.91 Å². The van der Waals surface area contributed by atoms with Gasteiger partial charge in [0.25, 0.3) is 0 Å². The maximum absolute atomic E-state index is 13.5. The summed E-state index contributed by atoms with van der Waals surface area (Å²) in [7, 11) is 3.32. The number of amides is 1. The molecule has 4 aromatic carbocycles. The van der Waals surface area contributed by atoms with Crippen molar-refractivity contribution in [3.05, 3.63) is 102 Å². The molecule has 5 rings (SSSR count). The number of benzene rings is 4. The molecule has 1 amide bonds. The summed E-state index contributed by atoms with van der Waals surface area (Å²) in [6.45, 7) is 0. The molecule has 1 atom stereocenters. The number of hydrogen-bond acceptors (Lipinski definition) is 3. The third-order valence-corrected chi connectivity index (χ3v) is 6.49. The molecular weight excluding hydrogens is 398 g/mol. The molecule has 0 radical (unpaired) electrons. The lowest BCUT2D eigenvalue weighted by Gasteiger charge is -2.20. The first-order valence-corrected chi connectivity index (χ1v) is 10.7. The summed E-state index contributed by atoms with van der Waals surface area (Å²) in [5, 5.41) is 5.34. The third-order valence-electron chi connectivity index (χ3n) is 6.49. The summed E-state index contributed by atoms with van der Waals surface area (Å²) in [5.41, 5.74) is 2.56. The predicted molar refractivity (Wildman–Crippen MR) is 127 cm³/mol. The fourth-order valence-corrected chi connectivity index (χ4v) is 4.74. The zero-order valence-corrected chi connectivity index (χ0v) is 18.2. The van der Waals surface area contributed by atoms with Crippen molar-refractivity contribution < 1.29 is 14.3 Å². The van der Waals surface area contributed by atoms with Crippen LogP contribution in [-0.4, -0.2) is 20.1 Å². The van der Waals surface area contributed by atoms with E-state index < -0.39 is 5.41 Å². The van der Waals surface area contributed by atoms with Crippen molar-refractivity contribution in [3.8, 4) is 11.5 Å². The number of methoxy groups -OCH3 is 2. The van der Waals surface area contributed by atoms with E-state index in [2.05, 4.69) is 29.6 Å². The monoisotopic (exact) mass is 423 g/mol. The van der Waals surface area contributed by atoms with E-state index >= 15 is 0 Å². The Balaban J connectivity index is 1.53. The molecule has 160 valence electrons. The van der Waals surface area contributed by atoms with Crippen molar-refractivity contribution >= 4 is 22.4 Å². The van der Waals surface area contributed by atoms with Gasteiger partial charge >= 0.3 is 0 Å². The molecular formula is C28H25NO3. The number of rotatable bonds is 6. The summed E-state index contributed by atoms with van der Waals surface area (Å²) in [6.07, 6.45) is 0.726. The zero-order valence-electron chi connectivity index (χ0n) is 18.2. The summed E-state index contributed by atoms with van der Waals surface area (Å²) in [6, 6.07) is 30.1. The van der Waals surface area contributed by atoms with E-state index in [0.29, 0.717) is 0 Å². The smallest absolute Gasteiger partial charge is 0.228 e. The molecule has 4 aromatic rings. The lowest BCUT2D eigenvalue weighted by molar-refractivity contribution is -0.117. The molecule has 0 saturated heterocycles. The molecule has 4 nitrogen and oxygen atoms in total. The van der Waals surface area contributed by atoms with Crippen LogP contribution in [0.25, 0.3) is 10.8 Å². The van der Waals surface area contributed by atoms with Crippen LogP contribution in [0.3, 0.4) is 0 Å². The lowest BCUT2D eigenvalue weighted by Crippen LogP contribution is -2.22. The molecule has 1 saturated carbocycles. The Morgan fingerprint density at radius 3 is 2.06 bits per heavy atom. The van der Waals surface area contributed by atoms with Gasteiger partial charge in [0.05, 0.1) is 20.1 Å². The number of ether oxygens (including phenoxy) is 2. The molecule has 0 bridgehead atoms. The van der Waals surface area contributed by atoms with E-state index in [1.54, 1.807) is 14.2 Å². The van der Waals surface area contributed by atoms with Crippen molar-refractivity contribution in [2.24, 2.45) is 5.92 Å². The quantitative estimate of drug-likeness (QED) is 0.426. The molecule has 1 aliphatic carbocycles. The van der Waals surface area contributed by atoms with Crippen LogP contribution >= 0.6 is 0 Å². The highest BCUT2D eigenvalue weighted by Crippen LogP contribution is 2.60. The number of fused-ring (bicyclic) bond motifs is 1. The maximum atomic E-state index is 13.5. The van der Waals surface area contributed by atoms with Gasteiger partial charge in [-0.2, -0.15) is 0 Å². The Morgan fingerprint density at radius 2 is 1.41 bits per heavy atom. The van der Waals surface area contributed by atoms with Crippen molar-refractivity contribution in [3.63, 3.8) is 0 Å². The number of carbonyl (C=O) groups is 1. The average Bonchev–Trinajstić information content (AvgIpc) is 3.62. The van der Waals surface area contributed by atoms with Crippen molar-refractivity contribution in [2.45, 2.75) is 11.8 Å². The van der Waals surface area contributed by atoms with Crippen molar-refractivity contribution in [1.29, 1.82) is 0 Å². The van der Waals surface area contributed by atoms with Crippen LogP contribution < -0.4 is 14.8 Å². The molecule has 0 aromatic heterocycles. The van der Waals surface area contributed by atoms with Crippen molar-refractivity contribution in [1.82, 2.24) is 0 Å². The second-order valence-corrected chi connectivity index (χ2v) is 8.21. The summed E-state index contributed by atoms with van der Waals surface area (Å²) >= 11 is 0. The first-order chi connectivity index (χ1) is 15.7. The minimum Gasteiger partial charge on any atom is -0.497 e. The molecule has 0 aliphatic heterocycles. The highest BCUT2D eigenvalue weighted by atomic mass is 16.5. The molecule has 0 spiro atoms. The second kappa shape index (κ2) is 8.04. The van der Waals surface area contributed by atoms with E-state index in [1.807, 2.05) is 66.7 Å². The van der Waals surface area contributed by atoms with Crippen LogP contribution in [0.1, 0.15) is 17.5 Å². The summed E-state index contributed by atoms with van der Waals surface area (Å²) < 4.78 is 10.9. The second-order valence-electron chi connectivity index (χ2n) is 8.21. The number of hydrogen-bond donors (Lipinski definition) is 1. The van der Waals surface area contributed by atoms with E-state index in [0.717, 1.165) is 45.5 Å². The lowest BCUT2D eigenvalue weighted by atomic mass is 9.85. The van der Waals surface area contributed by atoms with Gasteiger partial charge in [0.1, 0.15) is 11.5 Å². The Bertz CT molecular complexity index is 1240. The van der Waals surface area contributed by atoms with Crippen molar-refractivity contribution in [2.75, 3.05) is 19.5 Å². The molecule has 0 heterocycles. The Kier molecular flexibility index (Phi) is 5.06. The summed E-state index contributed by atoms with van der Waals surface area (Å²) in [5.74, 6) is 1.39. The van der Waals surface area contributed by atoms with E-state index in [1.165, 1.54) is 0 Å².